The van der Waals surface area contributed by atoms with E-state index in [1.807, 2.05) is 27.2 Å². The molecule has 0 aliphatic heterocycles. The zero-order valence-corrected chi connectivity index (χ0v) is 51.8. The number of ether oxygens (including phenoxy) is 12. The fraction of sp³-hybridized carbons (Fsp3) is 0.949. The van der Waals surface area contributed by atoms with Gasteiger partial charge in [0.25, 0.3) is 0 Å². The molecule has 2 aliphatic carbocycles. The number of hydrogen-bond acceptors (Lipinski definition) is 17. The highest BCUT2D eigenvalue weighted by Gasteiger charge is 2.39. The molecular weight excluding hydrogens is 1010 g/mol. The highest BCUT2D eigenvalue weighted by atomic mass is 32.2. The SMILES string of the molecule is CC.CCCC(CCCC1CC=C2CC(OCCOCCOCCOCCOCCOCCOCCOCCOCCOCCOCCOCCNC)CCC2(C)C1)C(C)CCCC(C)C.CNCC(N)=O.CSCCO. The predicted octanol–water partition coefficient (Wildman–Crippen LogP) is 8.41. The number of carbonyl (C=O) groups is 1. The minimum absolute atomic E-state index is 0.264. The average molecular weight is 1130 g/mol. The van der Waals surface area contributed by atoms with Crippen LogP contribution >= 0.6 is 11.8 Å². The Balaban J connectivity index is 0. The first-order valence-corrected chi connectivity index (χ1v) is 31.3. The first kappa shape index (κ1) is 78.0. The Morgan fingerprint density at radius 3 is 1.45 bits per heavy atom. The van der Waals surface area contributed by atoms with Gasteiger partial charge in [0.15, 0.2) is 0 Å². The summed E-state index contributed by atoms with van der Waals surface area (Å²) in [5.41, 5.74) is 6.73. The second-order valence-electron chi connectivity index (χ2n) is 20.2. The molecule has 0 saturated heterocycles. The summed E-state index contributed by atoms with van der Waals surface area (Å²) in [6.45, 7) is 30.2. The molecule has 0 aromatic rings. The smallest absolute Gasteiger partial charge is 0.231 e. The zero-order valence-electron chi connectivity index (χ0n) is 51.0. The molecule has 1 amide bonds. The largest absolute Gasteiger partial charge is 0.396 e. The Hall–Kier alpha value is -1.04. The number of allylic oxidation sites excluding steroid dienone is 1. The molecule has 462 valence electrons. The quantitative estimate of drug-likeness (QED) is 0.0334. The van der Waals surface area contributed by atoms with Crippen molar-refractivity contribution in [1.29, 1.82) is 0 Å². The molecule has 0 bridgehead atoms. The fourth-order valence-corrected chi connectivity index (χ4v) is 9.22. The Morgan fingerprint density at radius 1 is 0.662 bits per heavy atom. The Kier molecular flexibility index (Phi) is 61.9. The molecule has 18 heteroatoms. The van der Waals surface area contributed by atoms with Crippen molar-refractivity contribution in [3.05, 3.63) is 11.6 Å². The van der Waals surface area contributed by atoms with E-state index in [-0.39, 0.29) is 12.5 Å². The number of hydrogen-bond donors (Lipinski definition) is 4. The molecule has 5 atom stereocenters. The maximum absolute atomic E-state index is 9.76. The van der Waals surface area contributed by atoms with Crippen LogP contribution < -0.4 is 16.4 Å². The van der Waals surface area contributed by atoms with Crippen LogP contribution in [0.15, 0.2) is 11.6 Å². The number of amides is 1. The van der Waals surface area contributed by atoms with Crippen molar-refractivity contribution in [3.63, 3.8) is 0 Å². The lowest BCUT2D eigenvalue weighted by atomic mass is 9.62. The van der Waals surface area contributed by atoms with Gasteiger partial charge in [-0.15, -0.1) is 0 Å². The van der Waals surface area contributed by atoms with Gasteiger partial charge in [-0.25, -0.2) is 0 Å². The number of fused-ring (bicyclic) bond motifs is 1. The van der Waals surface area contributed by atoms with Crippen LogP contribution in [0.1, 0.15) is 132 Å². The molecule has 0 radical (unpaired) electrons. The number of nitrogens with two attached hydrogens (primary N) is 1. The van der Waals surface area contributed by atoms with Crippen molar-refractivity contribution >= 4 is 17.7 Å². The number of likely N-dealkylation sites (N-methyl/N-ethyl adjacent to an activating group) is 2. The molecule has 2 aliphatic rings. The van der Waals surface area contributed by atoms with Crippen LogP contribution in [-0.2, 0) is 61.6 Å². The summed E-state index contributed by atoms with van der Waals surface area (Å²) < 4.78 is 67.3. The molecular formula is C59H121N3O14S. The van der Waals surface area contributed by atoms with Gasteiger partial charge in [0.2, 0.25) is 5.91 Å². The van der Waals surface area contributed by atoms with Crippen molar-refractivity contribution in [2.45, 2.75) is 138 Å². The van der Waals surface area contributed by atoms with Crippen LogP contribution in [0.2, 0.25) is 0 Å². The lowest BCUT2D eigenvalue weighted by molar-refractivity contribution is -0.117. The van der Waals surface area contributed by atoms with Crippen molar-refractivity contribution < 1.29 is 66.7 Å². The minimum Gasteiger partial charge on any atom is -0.396 e. The molecule has 5 N–H and O–H groups in total. The fourth-order valence-electron chi connectivity index (χ4n) is 9.04. The van der Waals surface area contributed by atoms with Crippen LogP contribution in [0.4, 0.5) is 0 Å². The zero-order chi connectivity index (χ0) is 57.1. The molecule has 0 aromatic carbocycles. The van der Waals surface area contributed by atoms with Gasteiger partial charge in [0.05, 0.1) is 171 Å². The summed E-state index contributed by atoms with van der Waals surface area (Å²) in [6, 6.07) is 0. The van der Waals surface area contributed by atoms with E-state index in [0.29, 0.717) is 170 Å². The Morgan fingerprint density at radius 2 is 1.10 bits per heavy atom. The van der Waals surface area contributed by atoms with Crippen LogP contribution in [0, 0.1) is 29.1 Å². The summed E-state index contributed by atoms with van der Waals surface area (Å²) in [4.78, 5) is 9.76. The summed E-state index contributed by atoms with van der Waals surface area (Å²) in [7, 11) is 3.57. The van der Waals surface area contributed by atoms with Crippen LogP contribution in [0.5, 0.6) is 0 Å². The van der Waals surface area contributed by atoms with Gasteiger partial charge in [-0.05, 0) is 81.5 Å². The van der Waals surface area contributed by atoms with E-state index >= 15 is 0 Å². The summed E-state index contributed by atoms with van der Waals surface area (Å²) >= 11 is 1.65. The van der Waals surface area contributed by atoms with Gasteiger partial charge >= 0.3 is 0 Å². The summed E-state index contributed by atoms with van der Waals surface area (Å²) in [6.07, 6.45) is 22.2. The number of aliphatic hydroxyl groups is 1. The van der Waals surface area contributed by atoms with Gasteiger partial charge < -0.3 is 78.3 Å². The molecule has 0 aromatic heterocycles. The second-order valence-corrected chi connectivity index (χ2v) is 21.2. The lowest BCUT2D eigenvalue weighted by Gasteiger charge is -2.45. The third-order valence-electron chi connectivity index (χ3n) is 13.2. The third kappa shape index (κ3) is 52.8. The van der Waals surface area contributed by atoms with Crippen molar-refractivity contribution in [2.24, 2.45) is 34.8 Å². The van der Waals surface area contributed by atoms with Gasteiger partial charge in [-0.1, -0.05) is 111 Å². The number of aliphatic hydroxyl groups excluding tert-OH is 1. The average Bonchev–Trinajstić information content (AvgIpc) is 3.41. The summed E-state index contributed by atoms with van der Waals surface area (Å²) in [5.74, 6) is 4.01. The highest BCUT2D eigenvalue weighted by molar-refractivity contribution is 7.98. The number of primary amides is 1. The molecule has 0 spiro atoms. The van der Waals surface area contributed by atoms with Crippen molar-refractivity contribution in [1.82, 2.24) is 10.6 Å². The van der Waals surface area contributed by atoms with E-state index in [4.69, 9.17) is 67.7 Å². The number of rotatable bonds is 52. The molecule has 17 nitrogen and oxygen atoms in total. The number of nitrogens with one attached hydrogen (secondary N) is 2. The molecule has 77 heavy (non-hydrogen) atoms. The first-order chi connectivity index (χ1) is 37.6. The van der Waals surface area contributed by atoms with Gasteiger partial charge in [0, 0.05) is 12.3 Å². The van der Waals surface area contributed by atoms with E-state index in [9.17, 15) is 4.79 Å². The highest BCUT2D eigenvalue weighted by Crippen LogP contribution is 2.50. The van der Waals surface area contributed by atoms with E-state index in [0.717, 1.165) is 48.8 Å². The minimum atomic E-state index is -0.322. The maximum atomic E-state index is 9.76. The number of thioether (sulfide) groups is 1. The first-order valence-electron chi connectivity index (χ1n) is 29.9. The van der Waals surface area contributed by atoms with Crippen molar-refractivity contribution in [2.75, 3.05) is 198 Å². The van der Waals surface area contributed by atoms with E-state index in [1.165, 1.54) is 70.6 Å². The number of carbonyl (C=O) groups excluding carboxylic acids is 1. The predicted molar refractivity (Wildman–Crippen MR) is 315 cm³/mol. The topological polar surface area (TPSA) is 198 Å². The maximum Gasteiger partial charge on any atom is 0.231 e. The molecule has 0 heterocycles. The Labute approximate surface area is 475 Å². The normalized spacial score (nSPS) is 17.8. The molecule has 5 unspecified atom stereocenters. The van der Waals surface area contributed by atoms with Crippen molar-refractivity contribution in [3.8, 4) is 0 Å². The molecule has 1 fully saturated rings. The Bertz CT molecular complexity index is 1230. The molecule has 1 saturated carbocycles. The van der Waals surface area contributed by atoms with Crippen LogP contribution in [-0.4, -0.2) is 215 Å². The van der Waals surface area contributed by atoms with Crippen LogP contribution in [0.3, 0.4) is 0 Å². The second kappa shape index (κ2) is 61.0. The summed E-state index contributed by atoms with van der Waals surface area (Å²) in [5, 5.41) is 13.7. The van der Waals surface area contributed by atoms with E-state index in [1.54, 1.807) is 24.4 Å². The van der Waals surface area contributed by atoms with Gasteiger partial charge in [-0.3, -0.25) is 4.79 Å². The van der Waals surface area contributed by atoms with Crippen LogP contribution in [0.25, 0.3) is 0 Å². The van der Waals surface area contributed by atoms with Gasteiger partial charge in [-0.2, -0.15) is 11.8 Å². The van der Waals surface area contributed by atoms with E-state index < -0.39 is 0 Å². The molecule has 2 rings (SSSR count). The monoisotopic (exact) mass is 1130 g/mol. The standard InChI is InChI=1S/C51H99NO12.C3H8N2O.C3H8OS.C2H6/c1-7-10-48(46(4)12-8-11-45(2)3)14-9-13-47-15-16-49-43-50(17-18-51(49,5)44-47)64-42-41-63-40-39-62-38-37-61-36-35-60-34-33-59-32-31-58-30-29-57-28-27-56-26-25-55-24-23-54-22-21-53-20-19-52-6;1-5-2-3(4)6;1-5-3-2-4;1-2/h16,45-48,50,52H,7-15,17-44H2,1-6H3;5H,2H2,1H3,(H2,4,6);4H,2-3H2,1H3;1-2H3. The van der Waals surface area contributed by atoms with Gasteiger partial charge in [0.1, 0.15) is 0 Å². The third-order valence-corrected chi connectivity index (χ3v) is 13.8. The lowest BCUT2D eigenvalue weighted by Crippen LogP contribution is -2.35. The van der Waals surface area contributed by atoms with E-state index in [2.05, 4.69) is 51.3 Å².